The van der Waals surface area contributed by atoms with E-state index >= 15 is 0 Å². The van der Waals surface area contributed by atoms with Crippen molar-refractivity contribution in [1.29, 1.82) is 0 Å². The number of benzene rings is 2. The summed E-state index contributed by atoms with van der Waals surface area (Å²) >= 11 is 5.86. The van der Waals surface area contributed by atoms with Crippen LogP contribution in [0.3, 0.4) is 0 Å². The summed E-state index contributed by atoms with van der Waals surface area (Å²) in [6.45, 7) is 5.88. The minimum atomic E-state index is -0.395. The SMILES string of the molecule is Cc1ccc(/C=N/NC(=O)c2c(C)csc2NC(=O)c2cccc(C(S)c3ncn[nH]3)c2)cc1C. The van der Waals surface area contributed by atoms with Crippen LogP contribution in [0.15, 0.2) is 59.3 Å². The zero-order valence-corrected chi connectivity index (χ0v) is 21.1. The van der Waals surface area contributed by atoms with Gasteiger partial charge in [-0.25, -0.2) is 10.4 Å². The molecule has 0 aliphatic carbocycles. The quantitative estimate of drug-likeness (QED) is 0.164. The number of anilines is 1. The molecule has 4 rings (SSSR count). The molecule has 0 saturated heterocycles. The van der Waals surface area contributed by atoms with Crippen LogP contribution in [0, 0.1) is 20.8 Å². The highest BCUT2D eigenvalue weighted by Gasteiger charge is 2.20. The summed E-state index contributed by atoms with van der Waals surface area (Å²) in [6.07, 6.45) is 3.00. The van der Waals surface area contributed by atoms with Gasteiger partial charge in [0.1, 0.15) is 17.2 Å². The van der Waals surface area contributed by atoms with E-state index in [4.69, 9.17) is 0 Å². The van der Waals surface area contributed by atoms with Crippen molar-refractivity contribution in [2.75, 3.05) is 5.32 Å². The third-order valence-electron chi connectivity index (χ3n) is 5.50. The zero-order valence-electron chi connectivity index (χ0n) is 19.4. The van der Waals surface area contributed by atoms with E-state index in [0.29, 0.717) is 22.0 Å². The molecule has 0 saturated carbocycles. The second kappa shape index (κ2) is 10.7. The Morgan fingerprint density at radius 3 is 2.66 bits per heavy atom. The van der Waals surface area contributed by atoms with Crippen molar-refractivity contribution in [3.05, 3.63) is 98.9 Å². The topological polar surface area (TPSA) is 112 Å². The van der Waals surface area contributed by atoms with Crippen LogP contribution in [0.1, 0.15) is 59.6 Å². The highest BCUT2D eigenvalue weighted by atomic mass is 32.1. The van der Waals surface area contributed by atoms with Crippen molar-refractivity contribution >= 4 is 47.0 Å². The average molecular weight is 505 g/mol. The van der Waals surface area contributed by atoms with Crippen molar-refractivity contribution in [3.63, 3.8) is 0 Å². The molecule has 2 heterocycles. The Morgan fingerprint density at radius 1 is 1.09 bits per heavy atom. The normalized spacial score (nSPS) is 12.0. The van der Waals surface area contributed by atoms with Crippen LogP contribution in [-0.2, 0) is 0 Å². The monoisotopic (exact) mass is 504 g/mol. The molecule has 2 amide bonds. The number of hydrazone groups is 1. The molecule has 2 aromatic carbocycles. The molecule has 4 aromatic rings. The molecule has 10 heteroatoms. The number of thiol groups is 1. The molecule has 0 radical (unpaired) electrons. The first-order chi connectivity index (χ1) is 16.8. The summed E-state index contributed by atoms with van der Waals surface area (Å²) in [5.74, 6) is -0.145. The van der Waals surface area contributed by atoms with E-state index in [1.165, 1.54) is 23.2 Å². The summed E-state index contributed by atoms with van der Waals surface area (Å²) in [5.41, 5.74) is 8.14. The fraction of sp³-hybridized carbons (Fsp3) is 0.160. The van der Waals surface area contributed by atoms with Gasteiger partial charge in [0.2, 0.25) is 0 Å². The van der Waals surface area contributed by atoms with Crippen molar-refractivity contribution in [3.8, 4) is 0 Å². The first-order valence-electron chi connectivity index (χ1n) is 10.8. The second-order valence-corrected chi connectivity index (χ2v) is 9.41. The predicted octanol–water partition coefficient (Wildman–Crippen LogP) is 4.83. The second-order valence-electron chi connectivity index (χ2n) is 8.02. The number of thiophene rings is 1. The molecule has 35 heavy (non-hydrogen) atoms. The van der Waals surface area contributed by atoms with E-state index < -0.39 is 5.91 Å². The first-order valence-corrected chi connectivity index (χ1v) is 12.2. The van der Waals surface area contributed by atoms with E-state index in [9.17, 15) is 9.59 Å². The lowest BCUT2D eigenvalue weighted by Crippen LogP contribution is -2.21. The Hall–Kier alpha value is -3.76. The van der Waals surface area contributed by atoms with Gasteiger partial charge >= 0.3 is 0 Å². The maximum absolute atomic E-state index is 13.0. The lowest BCUT2D eigenvalue weighted by molar-refractivity contribution is 0.0956. The number of aromatic amines is 1. The number of rotatable bonds is 7. The third kappa shape index (κ3) is 5.67. The highest BCUT2D eigenvalue weighted by Crippen LogP contribution is 2.29. The standard InChI is InChI=1S/C25H24N6O2S2/c1-14-7-8-17(9-15(14)2)11-27-31-24(33)20-16(3)12-35-25(20)29-23(32)19-6-4-5-18(10-19)21(34)22-26-13-28-30-22/h4-13,21,34H,1-3H3,(H,29,32)(H,31,33)(H,26,28,30)/b27-11+. The maximum Gasteiger partial charge on any atom is 0.274 e. The molecule has 1 atom stereocenters. The Kier molecular flexibility index (Phi) is 7.42. The van der Waals surface area contributed by atoms with Crippen molar-refractivity contribution in [2.24, 2.45) is 5.10 Å². The van der Waals surface area contributed by atoms with Crippen LogP contribution in [-0.4, -0.2) is 33.2 Å². The number of hydrogen-bond acceptors (Lipinski definition) is 7. The van der Waals surface area contributed by atoms with Gasteiger partial charge in [-0.2, -0.15) is 22.8 Å². The number of carbonyl (C=O) groups is 2. The van der Waals surface area contributed by atoms with Gasteiger partial charge in [-0.3, -0.25) is 14.7 Å². The number of carbonyl (C=O) groups excluding carboxylic acids is 2. The number of aryl methyl sites for hydroxylation is 3. The zero-order chi connectivity index (χ0) is 24.9. The molecule has 3 N–H and O–H groups in total. The number of nitrogens with one attached hydrogen (secondary N) is 3. The number of hydrogen-bond donors (Lipinski definition) is 4. The Morgan fingerprint density at radius 2 is 1.91 bits per heavy atom. The molecule has 8 nitrogen and oxygen atoms in total. The Balaban J connectivity index is 1.47. The lowest BCUT2D eigenvalue weighted by atomic mass is 10.1. The Bertz CT molecular complexity index is 1390. The third-order valence-corrected chi connectivity index (χ3v) is 7.05. The van der Waals surface area contributed by atoms with Gasteiger partial charge in [0, 0.05) is 5.56 Å². The largest absolute Gasteiger partial charge is 0.313 e. The number of H-pyrrole nitrogens is 1. The van der Waals surface area contributed by atoms with Crippen LogP contribution in [0.2, 0.25) is 0 Å². The molecular weight excluding hydrogens is 480 g/mol. The van der Waals surface area contributed by atoms with Crippen LogP contribution >= 0.6 is 24.0 Å². The van der Waals surface area contributed by atoms with E-state index in [2.05, 4.69) is 43.7 Å². The van der Waals surface area contributed by atoms with Gasteiger partial charge in [-0.1, -0.05) is 30.3 Å². The van der Waals surface area contributed by atoms with Gasteiger partial charge in [0.25, 0.3) is 11.8 Å². The molecule has 0 spiro atoms. The van der Waals surface area contributed by atoms with Crippen LogP contribution in [0.5, 0.6) is 0 Å². The van der Waals surface area contributed by atoms with Gasteiger partial charge in [0.15, 0.2) is 0 Å². The summed E-state index contributed by atoms with van der Waals surface area (Å²) < 4.78 is 0. The fourth-order valence-corrected chi connectivity index (χ4v) is 4.64. The highest BCUT2D eigenvalue weighted by molar-refractivity contribution is 7.80. The van der Waals surface area contributed by atoms with Crippen molar-refractivity contribution < 1.29 is 9.59 Å². The van der Waals surface area contributed by atoms with Crippen LogP contribution in [0.25, 0.3) is 0 Å². The minimum absolute atomic E-state index is 0.334. The van der Waals surface area contributed by atoms with E-state index in [-0.39, 0.29) is 11.2 Å². The van der Waals surface area contributed by atoms with E-state index in [1.807, 2.05) is 50.4 Å². The van der Waals surface area contributed by atoms with Gasteiger partial charge in [-0.15, -0.1) is 11.3 Å². The van der Waals surface area contributed by atoms with Crippen LogP contribution < -0.4 is 10.7 Å². The number of aromatic nitrogens is 3. The summed E-state index contributed by atoms with van der Waals surface area (Å²) in [5, 5.41) is 15.5. The van der Waals surface area contributed by atoms with Crippen molar-refractivity contribution in [1.82, 2.24) is 20.6 Å². The minimum Gasteiger partial charge on any atom is -0.313 e. The smallest absolute Gasteiger partial charge is 0.274 e. The summed E-state index contributed by atoms with van der Waals surface area (Å²) in [6, 6.07) is 13.0. The summed E-state index contributed by atoms with van der Waals surface area (Å²) in [7, 11) is 0. The molecule has 0 aliphatic rings. The number of nitrogens with zero attached hydrogens (tertiary/aromatic N) is 3. The lowest BCUT2D eigenvalue weighted by Gasteiger charge is -2.11. The average Bonchev–Trinajstić information content (AvgIpc) is 3.51. The Labute approximate surface area is 212 Å². The van der Waals surface area contributed by atoms with Crippen LogP contribution in [0.4, 0.5) is 5.00 Å². The predicted molar refractivity (Wildman–Crippen MR) is 142 cm³/mol. The molecule has 178 valence electrons. The number of amides is 2. The molecule has 2 aromatic heterocycles. The molecule has 0 bridgehead atoms. The van der Waals surface area contributed by atoms with E-state index in [0.717, 1.165) is 22.3 Å². The van der Waals surface area contributed by atoms with E-state index in [1.54, 1.807) is 24.4 Å². The summed E-state index contributed by atoms with van der Waals surface area (Å²) in [4.78, 5) is 30.0. The maximum atomic E-state index is 13.0. The molecular formula is C25H24N6O2S2. The van der Waals surface area contributed by atoms with Gasteiger partial charge < -0.3 is 5.32 Å². The van der Waals surface area contributed by atoms with Gasteiger partial charge in [-0.05, 0) is 66.1 Å². The van der Waals surface area contributed by atoms with Gasteiger partial charge in [0.05, 0.1) is 17.0 Å². The van der Waals surface area contributed by atoms with Crippen molar-refractivity contribution in [2.45, 2.75) is 26.0 Å². The first kappa shape index (κ1) is 24.4. The molecule has 0 fully saturated rings. The molecule has 1 unspecified atom stereocenters. The fourth-order valence-electron chi connectivity index (χ4n) is 3.41. The molecule has 0 aliphatic heterocycles.